The lowest BCUT2D eigenvalue weighted by molar-refractivity contribution is -0.0754. The highest BCUT2D eigenvalue weighted by Gasteiger charge is 2.33. The number of nitrogens with one attached hydrogen (secondary N) is 1. The summed E-state index contributed by atoms with van der Waals surface area (Å²) in [6.07, 6.45) is 0.129. The van der Waals surface area contributed by atoms with Gasteiger partial charge in [-0.05, 0) is 27.7 Å². The Labute approximate surface area is 119 Å². The van der Waals surface area contributed by atoms with Crippen LogP contribution in [0, 0.1) is 0 Å². The number of ether oxygens (including phenoxy) is 2. The summed E-state index contributed by atoms with van der Waals surface area (Å²) in [6.45, 7) is 10.4. The van der Waals surface area contributed by atoms with Crippen molar-refractivity contribution in [3.8, 4) is 6.01 Å². The summed E-state index contributed by atoms with van der Waals surface area (Å²) in [5, 5.41) is 3.09. The highest BCUT2D eigenvalue weighted by atomic mass is 16.5. The van der Waals surface area contributed by atoms with Crippen LogP contribution < -0.4 is 15.0 Å². The van der Waals surface area contributed by atoms with Crippen LogP contribution in [0.15, 0.2) is 0 Å². The molecule has 1 N–H and O–H groups in total. The molecule has 1 saturated heterocycles. The van der Waals surface area contributed by atoms with Gasteiger partial charge < -0.3 is 19.7 Å². The smallest absolute Gasteiger partial charge is 0.322 e. The average Bonchev–Trinajstić information content (AvgIpc) is 2.36. The van der Waals surface area contributed by atoms with Gasteiger partial charge in [0.1, 0.15) is 0 Å². The van der Waals surface area contributed by atoms with Gasteiger partial charge in [0.25, 0.3) is 0 Å². The topological polar surface area (TPSA) is 72.4 Å². The largest absolute Gasteiger partial charge is 0.467 e. The van der Waals surface area contributed by atoms with E-state index < -0.39 is 0 Å². The van der Waals surface area contributed by atoms with Crippen molar-refractivity contribution >= 4 is 11.9 Å². The Morgan fingerprint density at radius 2 is 2.15 bits per heavy atom. The fourth-order valence-corrected chi connectivity index (χ4v) is 2.42. The molecule has 2 rings (SSSR count). The molecule has 1 unspecified atom stereocenters. The monoisotopic (exact) mass is 281 g/mol. The van der Waals surface area contributed by atoms with E-state index in [-0.39, 0.29) is 11.7 Å². The predicted molar refractivity (Wildman–Crippen MR) is 77.4 cm³/mol. The van der Waals surface area contributed by atoms with Crippen LogP contribution in [-0.2, 0) is 4.74 Å². The molecular weight excluding hydrogens is 258 g/mol. The minimum atomic E-state index is -0.226. The van der Waals surface area contributed by atoms with Crippen LogP contribution in [0.1, 0.15) is 27.7 Å². The maximum atomic E-state index is 5.90. The third-order valence-corrected chi connectivity index (χ3v) is 2.97. The molecule has 1 aromatic rings. The van der Waals surface area contributed by atoms with Crippen LogP contribution in [0.4, 0.5) is 11.9 Å². The quantitative estimate of drug-likeness (QED) is 0.892. The van der Waals surface area contributed by atoms with Crippen molar-refractivity contribution in [1.82, 2.24) is 15.0 Å². The van der Waals surface area contributed by atoms with Crippen molar-refractivity contribution in [3.05, 3.63) is 0 Å². The second-order valence-corrected chi connectivity index (χ2v) is 5.54. The minimum absolute atomic E-state index is 0.129. The Kier molecular flexibility index (Phi) is 4.27. The molecule has 1 aliphatic rings. The number of aromatic nitrogens is 3. The first-order valence-electron chi connectivity index (χ1n) is 6.90. The van der Waals surface area contributed by atoms with E-state index in [2.05, 4.69) is 45.9 Å². The first-order chi connectivity index (χ1) is 9.43. The lowest BCUT2D eigenvalue weighted by atomic mass is 10.1. The Hall–Kier alpha value is -1.63. The summed E-state index contributed by atoms with van der Waals surface area (Å²) in [6, 6.07) is 0.322. The van der Waals surface area contributed by atoms with E-state index >= 15 is 0 Å². The molecule has 1 fully saturated rings. The molecule has 0 spiro atoms. The molecule has 1 atom stereocenters. The van der Waals surface area contributed by atoms with Gasteiger partial charge in [0, 0.05) is 19.6 Å². The second-order valence-electron chi connectivity index (χ2n) is 5.54. The van der Waals surface area contributed by atoms with E-state index in [4.69, 9.17) is 9.47 Å². The summed E-state index contributed by atoms with van der Waals surface area (Å²) >= 11 is 0. The molecule has 0 saturated carbocycles. The van der Waals surface area contributed by atoms with Crippen molar-refractivity contribution in [1.29, 1.82) is 0 Å². The highest BCUT2D eigenvalue weighted by Crippen LogP contribution is 2.25. The molecule has 20 heavy (non-hydrogen) atoms. The van der Waals surface area contributed by atoms with Gasteiger partial charge in [-0.3, -0.25) is 0 Å². The van der Waals surface area contributed by atoms with Crippen molar-refractivity contribution in [2.24, 2.45) is 0 Å². The summed E-state index contributed by atoms with van der Waals surface area (Å²) < 4.78 is 11.1. The van der Waals surface area contributed by atoms with E-state index in [1.54, 1.807) is 7.11 Å². The molecule has 0 aromatic carbocycles. The summed E-state index contributed by atoms with van der Waals surface area (Å²) in [5.74, 6) is 1.15. The van der Waals surface area contributed by atoms with E-state index in [0.717, 1.165) is 19.6 Å². The maximum absolute atomic E-state index is 5.90. The second kappa shape index (κ2) is 5.78. The van der Waals surface area contributed by atoms with Crippen molar-refractivity contribution in [2.45, 2.75) is 39.4 Å². The third-order valence-electron chi connectivity index (χ3n) is 2.97. The van der Waals surface area contributed by atoms with E-state index in [1.165, 1.54) is 0 Å². The molecule has 0 bridgehead atoms. The normalized spacial score (nSPS) is 21.6. The first kappa shape index (κ1) is 14.8. The first-order valence-corrected chi connectivity index (χ1v) is 6.90. The van der Waals surface area contributed by atoms with Gasteiger partial charge in [0.2, 0.25) is 11.9 Å². The minimum Gasteiger partial charge on any atom is -0.467 e. The van der Waals surface area contributed by atoms with Crippen LogP contribution in [0.2, 0.25) is 0 Å². The standard InChI is InChI=1S/C13H23N5O2/c1-6-14-10-15-11(17-12(16-10)19-5)18-7-9(2)20-13(3,4)8-18/h9H,6-8H2,1-5H3,(H,14,15,16,17). The molecule has 1 aromatic heterocycles. The van der Waals surface area contributed by atoms with Crippen LogP contribution in [0.25, 0.3) is 0 Å². The number of morpholine rings is 1. The Bertz CT molecular complexity index is 466. The highest BCUT2D eigenvalue weighted by molar-refractivity contribution is 5.39. The molecule has 7 nitrogen and oxygen atoms in total. The zero-order valence-corrected chi connectivity index (χ0v) is 12.8. The molecule has 1 aliphatic heterocycles. The average molecular weight is 281 g/mol. The predicted octanol–water partition coefficient (Wildman–Crippen LogP) is 1.32. The number of hydrogen-bond donors (Lipinski definition) is 1. The van der Waals surface area contributed by atoms with E-state index in [9.17, 15) is 0 Å². The number of methoxy groups -OCH3 is 1. The van der Waals surface area contributed by atoms with Gasteiger partial charge in [-0.2, -0.15) is 15.0 Å². The number of anilines is 2. The summed E-state index contributed by atoms with van der Waals surface area (Å²) in [4.78, 5) is 15.1. The molecule has 2 heterocycles. The summed E-state index contributed by atoms with van der Waals surface area (Å²) in [5.41, 5.74) is -0.226. The van der Waals surface area contributed by atoms with E-state index in [1.807, 2.05) is 6.92 Å². The molecule has 0 amide bonds. The van der Waals surface area contributed by atoms with Gasteiger partial charge in [-0.25, -0.2) is 0 Å². The fourth-order valence-electron chi connectivity index (χ4n) is 2.42. The zero-order chi connectivity index (χ0) is 14.8. The van der Waals surface area contributed by atoms with Crippen LogP contribution in [0.5, 0.6) is 6.01 Å². The van der Waals surface area contributed by atoms with Gasteiger partial charge in [-0.1, -0.05) is 0 Å². The zero-order valence-electron chi connectivity index (χ0n) is 12.8. The third kappa shape index (κ3) is 3.47. The summed E-state index contributed by atoms with van der Waals surface area (Å²) in [7, 11) is 1.56. The fraction of sp³-hybridized carbons (Fsp3) is 0.769. The maximum Gasteiger partial charge on any atom is 0.322 e. The van der Waals surface area contributed by atoms with Crippen molar-refractivity contribution in [2.75, 3.05) is 37.0 Å². The van der Waals surface area contributed by atoms with Gasteiger partial charge >= 0.3 is 6.01 Å². The number of rotatable bonds is 4. The molecule has 7 heteroatoms. The Balaban J connectivity index is 2.28. The van der Waals surface area contributed by atoms with Crippen LogP contribution >= 0.6 is 0 Å². The van der Waals surface area contributed by atoms with Gasteiger partial charge in [0.05, 0.1) is 18.8 Å². The molecule has 0 aliphatic carbocycles. The van der Waals surface area contributed by atoms with Crippen LogP contribution in [0.3, 0.4) is 0 Å². The lowest BCUT2D eigenvalue weighted by Crippen LogP contribution is -2.52. The number of nitrogens with zero attached hydrogens (tertiary/aromatic N) is 4. The molecule has 0 radical (unpaired) electrons. The Morgan fingerprint density at radius 1 is 1.40 bits per heavy atom. The van der Waals surface area contributed by atoms with Crippen LogP contribution in [-0.4, -0.2) is 53.4 Å². The lowest BCUT2D eigenvalue weighted by Gasteiger charge is -2.41. The van der Waals surface area contributed by atoms with Crippen molar-refractivity contribution < 1.29 is 9.47 Å². The van der Waals surface area contributed by atoms with Gasteiger partial charge in [0.15, 0.2) is 0 Å². The molecule has 112 valence electrons. The van der Waals surface area contributed by atoms with Crippen molar-refractivity contribution in [3.63, 3.8) is 0 Å². The van der Waals surface area contributed by atoms with Gasteiger partial charge in [-0.15, -0.1) is 0 Å². The van der Waals surface area contributed by atoms with E-state index in [0.29, 0.717) is 17.9 Å². The Morgan fingerprint density at radius 3 is 2.75 bits per heavy atom. The number of hydrogen-bond acceptors (Lipinski definition) is 7. The molecular formula is C13H23N5O2. The SMILES string of the molecule is CCNc1nc(OC)nc(N2CC(C)OC(C)(C)C2)n1.